The summed E-state index contributed by atoms with van der Waals surface area (Å²) in [4.78, 5) is 37.0. The molecule has 0 bridgehead atoms. The van der Waals surface area contributed by atoms with Gasteiger partial charge in [0.15, 0.2) is 0 Å². The SMILES string of the molecule is CC(C)C1C(=O)NC(=O)N(CC(C)C(C)(C)C)C1=O. The lowest BCUT2D eigenvalue weighted by atomic mass is 9.81. The molecule has 0 aromatic carbocycles. The molecule has 0 saturated carbocycles. The Morgan fingerprint density at radius 1 is 1.16 bits per heavy atom. The normalized spacial score (nSPS) is 22.8. The van der Waals surface area contributed by atoms with E-state index in [9.17, 15) is 14.4 Å². The molecule has 0 spiro atoms. The van der Waals surface area contributed by atoms with E-state index in [0.717, 1.165) is 0 Å². The average Bonchev–Trinajstić information content (AvgIpc) is 2.21. The molecule has 1 rings (SSSR count). The van der Waals surface area contributed by atoms with Crippen LogP contribution >= 0.6 is 0 Å². The fourth-order valence-electron chi connectivity index (χ4n) is 1.94. The Morgan fingerprint density at radius 3 is 2.11 bits per heavy atom. The van der Waals surface area contributed by atoms with Gasteiger partial charge in [-0.15, -0.1) is 0 Å². The van der Waals surface area contributed by atoms with Crippen LogP contribution in [0.4, 0.5) is 4.79 Å². The Bertz CT molecular complexity index is 396. The van der Waals surface area contributed by atoms with Gasteiger partial charge < -0.3 is 0 Å². The molecule has 1 saturated heterocycles. The van der Waals surface area contributed by atoms with Crippen LogP contribution in [0.1, 0.15) is 41.5 Å². The van der Waals surface area contributed by atoms with Gasteiger partial charge in [-0.3, -0.25) is 19.8 Å². The first-order valence-corrected chi connectivity index (χ1v) is 6.72. The van der Waals surface area contributed by atoms with Crippen molar-refractivity contribution in [2.45, 2.75) is 41.5 Å². The molecule has 1 aliphatic rings. The zero-order valence-electron chi connectivity index (χ0n) is 12.6. The van der Waals surface area contributed by atoms with Gasteiger partial charge in [0, 0.05) is 6.54 Å². The topological polar surface area (TPSA) is 66.5 Å². The lowest BCUT2D eigenvalue weighted by molar-refractivity contribution is -0.145. The molecule has 1 N–H and O–H groups in total. The Labute approximate surface area is 114 Å². The summed E-state index contributed by atoms with van der Waals surface area (Å²) in [5, 5.41) is 2.28. The van der Waals surface area contributed by atoms with E-state index in [0.29, 0.717) is 6.54 Å². The summed E-state index contributed by atoms with van der Waals surface area (Å²) in [5.74, 6) is -1.58. The third-order valence-corrected chi connectivity index (χ3v) is 3.89. The molecule has 19 heavy (non-hydrogen) atoms. The summed E-state index contributed by atoms with van der Waals surface area (Å²) in [6.45, 7) is 12.2. The van der Waals surface area contributed by atoms with Crippen molar-refractivity contribution >= 4 is 17.8 Å². The van der Waals surface area contributed by atoms with Gasteiger partial charge in [-0.05, 0) is 17.3 Å². The molecule has 5 nitrogen and oxygen atoms in total. The van der Waals surface area contributed by atoms with Gasteiger partial charge in [0.1, 0.15) is 5.92 Å². The van der Waals surface area contributed by atoms with Crippen LogP contribution in [0.2, 0.25) is 0 Å². The summed E-state index contributed by atoms with van der Waals surface area (Å²) in [6.07, 6.45) is 0. The minimum atomic E-state index is -0.759. The van der Waals surface area contributed by atoms with Crippen LogP contribution in [-0.2, 0) is 9.59 Å². The van der Waals surface area contributed by atoms with Crippen molar-refractivity contribution < 1.29 is 14.4 Å². The molecule has 108 valence electrons. The fraction of sp³-hybridized carbons (Fsp3) is 0.786. The molecule has 5 heteroatoms. The van der Waals surface area contributed by atoms with Crippen LogP contribution < -0.4 is 5.32 Å². The number of hydrogen-bond donors (Lipinski definition) is 1. The second kappa shape index (κ2) is 5.31. The van der Waals surface area contributed by atoms with E-state index in [1.165, 1.54) is 4.90 Å². The minimum Gasteiger partial charge on any atom is -0.277 e. The van der Waals surface area contributed by atoms with Crippen molar-refractivity contribution in [3.63, 3.8) is 0 Å². The summed E-state index contributed by atoms with van der Waals surface area (Å²) in [6, 6.07) is -0.594. The number of urea groups is 1. The predicted molar refractivity (Wildman–Crippen MR) is 72.2 cm³/mol. The van der Waals surface area contributed by atoms with Gasteiger partial charge in [-0.1, -0.05) is 41.5 Å². The molecule has 4 amide bonds. The second-order valence-electron chi connectivity index (χ2n) is 6.73. The molecule has 2 atom stereocenters. The number of hydrogen-bond acceptors (Lipinski definition) is 3. The van der Waals surface area contributed by atoms with Crippen LogP contribution in [0.25, 0.3) is 0 Å². The zero-order chi connectivity index (χ0) is 15.0. The van der Waals surface area contributed by atoms with Crippen molar-refractivity contribution in [3.05, 3.63) is 0 Å². The highest BCUT2D eigenvalue weighted by Crippen LogP contribution is 2.28. The van der Waals surface area contributed by atoms with E-state index < -0.39 is 17.9 Å². The fourth-order valence-corrected chi connectivity index (χ4v) is 1.94. The molecular formula is C14H24N2O3. The molecule has 0 aromatic rings. The molecule has 0 aliphatic carbocycles. The lowest BCUT2D eigenvalue weighted by Crippen LogP contribution is -2.60. The first kappa shape index (κ1) is 15.7. The third kappa shape index (κ3) is 3.33. The molecule has 2 unspecified atom stereocenters. The van der Waals surface area contributed by atoms with Gasteiger partial charge in [0.25, 0.3) is 0 Å². The average molecular weight is 268 g/mol. The second-order valence-corrected chi connectivity index (χ2v) is 6.73. The first-order valence-electron chi connectivity index (χ1n) is 6.72. The number of barbiturate groups is 1. The highest BCUT2D eigenvalue weighted by Gasteiger charge is 2.42. The van der Waals surface area contributed by atoms with Gasteiger partial charge in [0.2, 0.25) is 11.8 Å². The van der Waals surface area contributed by atoms with Crippen molar-refractivity contribution in [2.75, 3.05) is 6.54 Å². The van der Waals surface area contributed by atoms with Crippen molar-refractivity contribution in [2.24, 2.45) is 23.2 Å². The number of carbonyl (C=O) groups excluding carboxylic acids is 3. The standard InChI is InChI=1S/C14H24N2O3/c1-8(2)10-11(17)15-13(19)16(12(10)18)7-9(3)14(4,5)6/h8-10H,7H2,1-6H3,(H,15,17,19). The highest BCUT2D eigenvalue weighted by molar-refractivity contribution is 6.16. The molecule has 0 radical (unpaired) electrons. The van der Waals surface area contributed by atoms with Crippen LogP contribution in [0.5, 0.6) is 0 Å². The summed E-state index contributed by atoms with van der Waals surface area (Å²) in [5.41, 5.74) is -0.00462. The van der Waals surface area contributed by atoms with Crippen LogP contribution in [0.15, 0.2) is 0 Å². The van der Waals surface area contributed by atoms with E-state index in [2.05, 4.69) is 26.1 Å². The number of nitrogens with zero attached hydrogens (tertiary/aromatic N) is 1. The van der Waals surface area contributed by atoms with E-state index in [1.54, 1.807) is 0 Å². The summed E-state index contributed by atoms with van der Waals surface area (Å²) < 4.78 is 0. The maximum absolute atomic E-state index is 12.3. The van der Waals surface area contributed by atoms with Gasteiger partial charge in [0.05, 0.1) is 0 Å². The molecule has 1 aliphatic heterocycles. The summed E-state index contributed by atoms with van der Waals surface area (Å²) >= 11 is 0. The van der Waals surface area contributed by atoms with Crippen molar-refractivity contribution in [1.82, 2.24) is 10.2 Å². The van der Waals surface area contributed by atoms with E-state index >= 15 is 0 Å². The third-order valence-electron chi connectivity index (χ3n) is 3.89. The number of rotatable bonds is 3. The molecule has 1 heterocycles. The van der Waals surface area contributed by atoms with Gasteiger partial charge in [-0.25, -0.2) is 4.79 Å². The molecule has 0 aromatic heterocycles. The maximum Gasteiger partial charge on any atom is 0.330 e. The van der Waals surface area contributed by atoms with Crippen molar-refractivity contribution in [3.8, 4) is 0 Å². The van der Waals surface area contributed by atoms with E-state index in [4.69, 9.17) is 0 Å². The first-order chi connectivity index (χ1) is 8.55. The Balaban J connectivity index is 2.91. The lowest BCUT2D eigenvalue weighted by Gasteiger charge is -2.36. The van der Waals surface area contributed by atoms with Crippen LogP contribution in [0, 0.1) is 23.2 Å². The molecule has 1 fully saturated rings. The van der Waals surface area contributed by atoms with Gasteiger partial charge in [-0.2, -0.15) is 0 Å². The number of carbonyl (C=O) groups is 3. The quantitative estimate of drug-likeness (QED) is 0.796. The predicted octanol–water partition coefficient (Wildman–Crippen LogP) is 2.02. The van der Waals surface area contributed by atoms with E-state index in [1.807, 2.05) is 20.8 Å². The Hall–Kier alpha value is -1.39. The number of nitrogens with one attached hydrogen (secondary N) is 1. The van der Waals surface area contributed by atoms with Crippen LogP contribution in [0.3, 0.4) is 0 Å². The number of imide groups is 2. The summed E-state index contributed by atoms with van der Waals surface area (Å²) in [7, 11) is 0. The Kier molecular flexibility index (Phi) is 4.38. The Morgan fingerprint density at radius 2 is 1.68 bits per heavy atom. The zero-order valence-corrected chi connectivity index (χ0v) is 12.6. The van der Waals surface area contributed by atoms with Crippen LogP contribution in [-0.4, -0.2) is 29.3 Å². The minimum absolute atomic E-state index is 0.00462. The molecular weight excluding hydrogens is 244 g/mol. The monoisotopic (exact) mass is 268 g/mol. The smallest absolute Gasteiger partial charge is 0.277 e. The van der Waals surface area contributed by atoms with E-state index in [-0.39, 0.29) is 23.2 Å². The largest absolute Gasteiger partial charge is 0.330 e. The highest BCUT2D eigenvalue weighted by atomic mass is 16.2. The van der Waals surface area contributed by atoms with Gasteiger partial charge >= 0.3 is 6.03 Å². The maximum atomic E-state index is 12.3. The van der Waals surface area contributed by atoms with Crippen molar-refractivity contribution in [1.29, 1.82) is 0 Å². The number of amides is 4.